The van der Waals surface area contributed by atoms with Crippen LogP contribution in [0.4, 0.5) is 11.8 Å². The van der Waals surface area contributed by atoms with Crippen LogP contribution in [0.3, 0.4) is 0 Å². The Hall–Kier alpha value is -1.89. The first-order valence-electron chi connectivity index (χ1n) is 8.07. The second-order valence-electron chi connectivity index (χ2n) is 5.91. The number of ether oxygens (including phenoxy) is 1. The minimum Gasteiger partial charge on any atom is -0.382 e. The number of nitrogens with one attached hydrogen (secondary N) is 1. The van der Waals surface area contributed by atoms with Gasteiger partial charge in [0, 0.05) is 12.6 Å². The molecular formula is C15H24N6O. The van der Waals surface area contributed by atoms with Crippen molar-refractivity contribution in [2.75, 3.05) is 17.7 Å². The van der Waals surface area contributed by atoms with Crippen LogP contribution < -0.4 is 11.1 Å². The fourth-order valence-electron chi connectivity index (χ4n) is 2.88. The number of hydrogen-bond acceptors (Lipinski definition) is 6. The molecule has 0 aliphatic carbocycles. The lowest BCUT2D eigenvalue weighted by Gasteiger charge is -2.24. The third-order valence-corrected chi connectivity index (χ3v) is 4.01. The molecule has 7 nitrogen and oxygen atoms in total. The molecule has 1 fully saturated rings. The third-order valence-electron chi connectivity index (χ3n) is 4.01. The van der Waals surface area contributed by atoms with Crippen molar-refractivity contribution >= 4 is 22.9 Å². The molecule has 120 valence electrons. The summed E-state index contributed by atoms with van der Waals surface area (Å²) in [5, 5.41) is 3.31. The lowest BCUT2D eigenvalue weighted by atomic mass is 10.2. The summed E-state index contributed by atoms with van der Waals surface area (Å²) in [6.45, 7) is 5.06. The third kappa shape index (κ3) is 2.99. The smallest absolute Gasteiger partial charge is 0.226 e. The summed E-state index contributed by atoms with van der Waals surface area (Å²) in [4.78, 5) is 13.3. The van der Waals surface area contributed by atoms with Crippen molar-refractivity contribution in [1.82, 2.24) is 19.5 Å². The van der Waals surface area contributed by atoms with Crippen molar-refractivity contribution in [3.8, 4) is 0 Å². The number of anilines is 2. The summed E-state index contributed by atoms with van der Waals surface area (Å²) in [6.07, 6.45) is 7.17. The van der Waals surface area contributed by atoms with E-state index in [9.17, 15) is 0 Å². The normalized spacial score (nSPS) is 20.2. The SMILES string of the molecule is CCC[C@H](C)Nc1nc(N)c2ncn(C3CCCCO3)c2n1. The zero-order valence-corrected chi connectivity index (χ0v) is 13.2. The number of imidazole rings is 1. The molecule has 7 heteroatoms. The van der Waals surface area contributed by atoms with Crippen molar-refractivity contribution in [1.29, 1.82) is 0 Å². The van der Waals surface area contributed by atoms with Gasteiger partial charge in [-0.1, -0.05) is 13.3 Å². The van der Waals surface area contributed by atoms with Gasteiger partial charge in [-0.2, -0.15) is 9.97 Å². The molecule has 1 saturated heterocycles. The molecule has 2 atom stereocenters. The van der Waals surface area contributed by atoms with Gasteiger partial charge >= 0.3 is 0 Å². The lowest BCUT2D eigenvalue weighted by molar-refractivity contribution is -0.0298. The Morgan fingerprint density at radius 2 is 2.32 bits per heavy atom. The molecule has 0 bridgehead atoms. The van der Waals surface area contributed by atoms with E-state index in [1.165, 1.54) is 0 Å². The zero-order chi connectivity index (χ0) is 15.5. The molecular weight excluding hydrogens is 280 g/mol. The van der Waals surface area contributed by atoms with Gasteiger partial charge in [0.2, 0.25) is 5.95 Å². The molecule has 0 amide bonds. The predicted octanol–water partition coefficient (Wildman–Crippen LogP) is 2.71. The summed E-state index contributed by atoms with van der Waals surface area (Å²) in [7, 11) is 0. The Kier molecular flexibility index (Phi) is 4.42. The van der Waals surface area contributed by atoms with Crippen molar-refractivity contribution in [3.63, 3.8) is 0 Å². The minimum atomic E-state index is -0.00559. The largest absolute Gasteiger partial charge is 0.382 e. The van der Waals surface area contributed by atoms with Crippen LogP contribution in [0.1, 0.15) is 52.2 Å². The van der Waals surface area contributed by atoms with Crippen LogP contribution >= 0.6 is 0 Å². The van der Waals surface area contributed by atoms with Crippen LogP contribution in [0.15, 0.2) is 6.33 Å². The van der Waals surface area contributed by atoms with E-state index in [4.69, 9.17) is 10.5 Å². The maximum Gasteiger partial charge on any atom is 0.226 e. The summed E-state index contributed by atoms with van der Waals surface area (Å²) in [5.74, 6) is 0.967. The first-order valence-corrected chi connectivity index (χ1v) is 8.07. The lowest BCUT2D eigenvalue weighted by Crippen LogP contribution is -2.19. The van der Waals surface area contributed by atoms with E-state index in [1.807, 2.05) is 4.57 Å². The van der Waals surface area contributed by atoms with Gasteiger partial charge in [-0.05, 0) is 32.6 Å². The molecule has 3 rings (SSSR count). The quantitative estimate of drug-likeness (QED) is 0.882. The van der Waals surface area contributed by atoms with E-state index < -0.39 is 0 Å². The summed E-state index contributed by atoms with van der Waals surface area (Å²) >= 11 is 0. The Morgan fingerprint density at radius 1 is 1.45 bits per heavy atom. The first-order chi connectivity index (χ1) is 10.7. The Balaban J connectivity index is 1.92. The summed E-state index contributed by atoms with van der Waals surface area (Å²) < 4.78 is 7.81. The molecule has 0 saturated carbocycles. The second-order valence-corrected chi connectivity index (χ2v) is 5.91. The zero-order valence-electron chi connectivity index (χ0n) is 13.2. The highest BCUT2D eigenvalue weighted by atomic mass is 16.5. The minimum absolute atomic E-state index is 0.00559. The van der Waals surface area contributed by atoms with Crippen molar-refractivity contribution < 1.29 is 4.74 Å². The molecule has 3 heterocycles. The van der Waals surface area contributed by atoms with Gasteiger partial charge < -0.3 is 15.8 Å². The van der Waals surface area contributed by atoms with Gasteiger partial charge in [-0.15, -0.1) is 0 Å². The molecule has 1 aliphatic heterocycles. The second kappa shape index (κ2) is 6.48. The van der Waals surface area contributed by atoms with E-state index >= 15 is 0 Å². The number of aromatic nitrogens is 4. The molecule has 0 spiro atoms. The molecule has 3 N–H and O–H groups in total. The topological polar surface area (TPSA) is 90.9 Å². The molecule has 0 aromatic carbocycles. The Labute approximate surface area is 130 Å². The number of fused-ring (bicyclic) bond motifs is 1. The van der Waals surface area contributed by atoms with Crippen molar-refractivity contribution in [2.45, 2.75) is 58.2 Å². The summed E-state index contributed by atoms with van der Waals surface area (Å²) in [6, 6.07) is 0.309. The first kappa shape index (κ1) is 15.0. The highest BCUT2D eigenvalue weighted by Crippen LogP contribution is 2.27. The van der Waals surface area contributed by atoms with Crippen LogP contribution in [0.25, 0.3) is 11.2 Å². The maximum atomic E-state index is 6.04. The Morgan fingerprint density at radius 3 is 3.05 bits per heavy atom. The number of nitrogens with two attached hydrogens (primary N) is 1. The van der Waals surface area contributed by atoms with E-state index in [0.717, 1.165) is 44.4 Å². The molecule has 1 aliphatic rings. The summed E-state index contributed by atoms with van der Waals surface area (Å²) in [5.41, 5.74) is 7.42. The van der Waals surface area contributed by atoms with Gasteiger partial charge in [0.25, 0.3) is 0 Å². The van der Waals surface area contributed by atoms with E-state index in [1.54, 1.807) is 6.33 Å². The van der Waals surface area contributed by atoms with Crippen LogP contribution in [0.2, 0.25) is 0 Å². The van der Waals surface area contributed by atoms with Crippen LogP contribution in [0, 0.1) is 0 Å². The van der Waals surface area contributed by atoms with Gasteiger partial charge in [0.15, 0.2) is 11.5 Å². The number of nitrogens with zero attached hydrogens (tertiary/aromatic N) is 4. The maximum absolute atomic E-state index is 6.04. The van der Waals surface area contributed by atoms with Gasteiger partial charge in [0.05, 0.1) is 6.33 Å². The molecule has 1 unspecified atom stereocenters. The van der Waals surface area contributed by atoms with Gasteiger partial charge in [-0.25, -0.2) is 4.98 Å². The Bertz CT molecular complexity index is 634. The predicted molar refractivity (Wildman–Crippen MR) is 86.6 cm³/mol. The van der Waals surface area contributed by atoms with Crippen LogP contribution in [-0.2, 0) is 4.74 Å². The standard InChI is InChI=1S/C15H24N6O/c1-3-6-10(2)18-15-19-13(16)12-14(20-15)21(9-17-12)11-7-4-5-8-22-11/h9-11H,3-8H2,1-2H3,(H3,16,18,19,20)/t10-,11?/m0/s1. The van der Waals surface area contributed by atoms with E-state index in [0.29, 0.717) is 23.3 Å². The van der Waals surface area contributed by atoms with E-state index in [2.05, 4.69) is 34.1 Å². The van der Waals surface area contributed by atoms with Crippen LogP contribution in [0.5, 0.6) is 0 Å². The molecule has 22 heavy (non-hydrogen) atoms. The average Bonchev–Trinajstić information content (AvgIpc) is 2.92. The molecule has 0 radical (unpaired) electrons. The number of hydrogen-bond donors (Lipinski definition) is 2. The molecule has 2 aromatic heterocycles. The average molecular weight is 304 g/mol. The fourth-order valence-corrected chi connectivity index (χ4v) is 2.88. The van der Waals surface area contributed by atoms with Crippen molar-refractivity contribution in [2.24, 2.45) is 0 Å². The number of rotatable bonds is 5. The van der Waals surface area contributed by atoms with E-state index in [-0.39, 0.29) is 6.23 Å². The monoisotopic (exact) mass is 304 g/mol. The molecule has 2 aromatic rings. The van der Waals surface area contributed by atoms with Crippen LogP contribution in [-0.4, -0.2) is 32.2 Å². The van der Waals surface area contributed by atoms with Crippen molar-refractivity contribution in [3.05, 3.63) is 6.33 Å². The fraction of sp³-hybridized carbons (Fsp3) is 0.667. The number of nitrogen functional groups attached to an aromatic ring is 1. The van der Waals surface area contributed by atoms with Gasteiger partial charge in [-0.3, -0.25) is 4.57 Å². The highest BCUT2D eigenvalue weighted by molar-refractivity contribution is 5.82. The highest BCUT2D eigenvalue weighted by Gasteiger charge is 2.20. The van der Waals surface area contributed by atoms with Gasteiger partial charge in [0.1, 0.15) is 11.7 Å².